The monoisotopic (exact) mass is 273 g/mol. The molecule has 0 radical (unpaired) electrons. The third kappa shape index (κ3) is 3.96. The molecule has 1 saturated heterocycles. The van der Waals surface area contributed by atoms with E-state index in [-0.39, 0.29) is 0 Å². The molecule has 4 nitrogen and oxygen atoms in total. The van der Waals surface area contributed by atoms with Gasteiger partial charge in [-0.05, 0) is 30.2 Å². The Morgan fingerprint density at radius 2 is 2.10 bits per heavy atom. The largest absolute Gasteiger partial charge is 0.378 e. The molecule has 1 fully saturated rings. The minimum Gasteiger partial charge on any atom is -0.378 e. The van der Waals surface area contributed by atoms with Crippen LogP contribution in [0.4, 0.5) is 5.69 Å². The van der Waals surface area contributed by atoms with Gasteiger partial charge >= 0.3 is 0 Å². The van der Waals surface area contributed by atoms with E-state index in [2.05, 4.69) is 42.3 Å². The number of nitrogens with zero attached hydrogens (tertiary/aromatic N) is 2. The summed E-state index contributed by atoms with van der Waals surface area (Å²) in [6.07, 6.45) is 0. The summed E-state index contributed by atoms with van der Waals surface area (Å²) in [4.78, 5) is 2.23. The summed E-state index contributed by atoms with van der Waals surface area (Å²) < 4.78 is 5.36. The molecule has 0 aromatic heterocycles. The molecule has 0 aliphatic carbocycles. The minimum absolute atomic E-state index is 0.637. The van der Waals surface area contributed by atoms with Gasteiger partial charge in [-0.15, -0.1) is 0 Å². The van der Waals surface area contributed by atoms with Crippen LogP contribution in [0.25, 0.3) is 0 Å². The number of benzene rings is 1. The highest BCUT2D eigenvalue weighted by Crippen LogP contribution is 2.22. The van der Waals surface area contributed by atoms with E-state index in [1.165, 1.54) is 5.56 Å². The Kier molecular flexibility index (Phi) is 5.40. The van der Waals surface area contributed by atoms with Gasteiger partial charge in [-0.3, -0.25) is 0 Å². The van der Waals surface area contributed by atoms with Gasteiger partial charge in [0.1, 0.15) is 6.07 Å². The Bertz CT molecular complexity index is 473. The van der Waals surface area contributed by atoms with Crippen LogP contribution in [0, 0.1) is 17.2 Å². The molecular weight excluding hydrogens is 250 g/mol. The highest BCUT2D eigenvalue weighted by molar-refractivity contribution is 5.60. The molecule has 20 heavy (non-hydrogen) atoms. The number of ether oxygens (including phenoxy) is 1. The van der Waals surface area contributed by atoms with Crippen LogP contribution in [-0.4, -0.2) is 32.8 Å². The van der Waals surface area contributed by atoms with E-state index in [0.717, 1.165) is 50.6 Å². The Morgan fingerprint density at radius 1 is 1.35 bits per heavy atom. The van der Waals surface area contributed by atoms with Crippen molar-refractivity contribution in [1.29, 1.82) is 5.26 Å². The summed E-state index contributed by atoms with van der Waals surface area (Å²) in [5, 5.41) is 12.8. The van der Waals surface area contributed by atoms with E-state index in [1.54, 1.807) is 0 Å². The zero-order chi connectivity index (χ0) is 14.4. The van der Waals surface area contributed by atoms with Crippen molar-refractivity contribution < 1.29 is 4.74 Å². The summed E-state index contributed by atoms with van der Waals surface area (Å²) in [7, 11) is 0. The molecule has 0 saturated carbocycles. The maximum atomic E-state index is 9.36. The van der Waals surface area contributed by atoms with Crippen LogP contribution < -0.4 is 10.2 Å². The molecule has 1 aliphatic heterocycles. The Hall–Kier alpha value is -1.57. The highest BCUT2D eigenvalue weighted by Gasteiger charge is 2.15. The molecule has 4 heteroatoms. The van der Waals surface area contributed by atoms with Gasteiger partial charge < -0.3 is 15.0 Å². The van der Waals surface area contributed by atoms with Crippen molar-refractivity contribution in [1.82, 2.24) is 5.32 Å². The second-order valence-electron chi connectivity index (χ2n) is 5.59. The summed E-state index contributed by atoms with van der Waals surface area (Å²) in [6.45, 7) is 9.39. The van der Waals surface area contributed by atoms with E-state index in [0.29, 0.717) is 5.92 Å². The van der Waals surface area contributed by atoms with Gasteiger partial charge in [0.15, 0.2) is 0 Å². The summed E-state index contributed by atoms with van der Waals surface area (Å²) in [5.41, 5.74) is 2.96. The zero-order valence-electron chi connectivity index (χ0n) is 12.4. The molecule has 108 valence electrons. The summed E-state index contributed by atoms with van der Waals surface area (Å²) in [5.74, 6) is 0.637. The number of rotatable bonds is 5. The molecule has 1 aromatic rings. The fourth-order valence-corrected chi connectivity index (χ4v) is 2.37. The number of hydrogen-bond donors (Lipinski definition) is 1. The molecule has 1 aliphatic rings. The number of anilines is 1. The molecule has 1 heterocycles. The van der Waals surface area contributed by atoms with Crippen LogP contribution in [0.1, 0.15) is 25.0 Å². The first-order valence-electron chi connectivity index (χ1n) is 7.27. The van der Waals surface area contributed by atoms with Gasteiger partial charge in [0.25, 0.3) is 0 Å². The van der Waals surface area contributed by atoms with Crippen LogP contribution in [0.3, 0.4) is 0 Å². The molecule has 0 atom stereocenters. The average Bonchev–Trinajstić information content (AvgIpc) is 2.47. The molecule has 0 bridgehead atoms. The predicted molar refractivity (Wildman–Crippen MR) is 80.7 cm³/mol. The summed E-state index contributed by atoms with van der Waals surface area (Å²) >= 11 is 0. The first kappa shape index (κ1) is 14.8. The average molecular weight is 273 g/mol. The van der Waals surface area contributed by atoms with E-state index >= 15 is 0 Å². The smallest absolute Gasteiger partial charge is 0.101 e. The Morgan fingerprint density at radius 3 is 2.75 bits per heavy atom. The van der Waals surface area contributed by atoms with Crippen LogP contribution in [-0.2, 0) is 11.3 Å². The van der Waals surface area contributed by atoms with Gasteiger partial charge in [0, 0.05) is 19.6 Å². The van der Waals surface area contributed by atoms with Crippen molar-refractivity contribution >= 4 is 5.69 Å². The third-order valence-electron chi connectivity index (χ3n) is 3.41. The van der Waals surface area contributed by atoms with Crippen molar-refractivity contribution in [2.24, 2.45) is 5.92 Å². The maximum Gasteiger partial charge on any atom is 0.101 e. The number of hydrogen-bond acceptors (Lipinski definition) is 4. The lowest BCUT2D eigenvalue weighted by Crippen LogP contribution is -2.36. The topological polar surface area (TPSA) is 48.3 Å². The quantitative estimate of drug-likeness (QED) is 0.893. The van der Waals surface area contributed by atoms with Crippen LogP contribution in [0.15, 0.2) is 18.2 Å². The highest BCUT2D eigenvalue weighted by atomic mass is 16.5. The first-order chi connectivity index (χ1) is 9.70. The lowest BCUT2D eigenvalue weighted by molar-refractivity contribution is 0.122. The lowest BCUT2D eigenvalue weighted by Gasteiger charge is -2.29. The van der Waals surface area contributed by atoms with Crippen molar-refractivity contribution in [2.45, 2.75) is 20.4 Å². The molecule has 0 spiro atoms. The van der Waals surface area contributed by atoms with Crippen LogP contribution >= 0.6 is 0 Å². The molecule has 0 amide bonds. The molecule has 0 unspecified atom stereocenters. The minimum atomic E-state index is 0.637. The van der Waals surface area contributed by atoms with Crippen LogP contribution in [0.2, 0.25) is 0 Å². The number of nitrogens with one attached hydrogen (secondary N) is 1. The van der Waals surface area contributed by atoms with Crippen molar-refractivity contribution in [3.63, 3.8) is 0 Å². The molecule has 2 rings (SSSR count). The second-order valence-corrected chi connectivity index (χ2v) is 5.59. The zero-order valence-corrected chi connectivity index (χ0v) is 12.4. The molecule has 1 N–H and O–H groups in total. The Balaban J connectivity index is 2.05. The third-order valence-corrected chi connectivity index (χ3v) is 3.41. The van der Waals surface area contributed by atoms with E-state index < -0.39 is 0 Å². The normalized spacial score (nSPS) is 15.4. The van der Waals surface area contributed by atoms with Crippen molar-refractivity contribution in [2.75, 3.05) is 37.7 Å². The van der Waals surface area contributed by atoms with Gasteiger partial charge in [0.2, 0.25) is 0 Å². The van der Waals surface area contributed by atoms with E-state index in [9.17, 15) is 5.26 Å². The standard InChI is InChI=1S/C16H23N3O/c1-13(2)11-18-12-14-3-4-16(15(9-14)10-17)19-5-7-20-8-6-19/h3-4,9,13,18H,5-8,11-12H2,1-2H3. The van der Waals surface area contributed by atoms with E-state index in [4.69, 9.17) is 4.74 Å². The SMILES string of the molecule is CC(C)CNCc1ccc(N2CCOCC2)c(C#N)c1. The van der Waals surface area contributed by atoms with Crippen LogP contribution in [0.5, 0.6) is 0 Å². The van der Waals surface area contributed by atoms with E-state index in [1.807, 2.05) is 6.07 Å². The fourth-order valence-electron chi connectivity index (χ4n) is 2.37. The molecule has 1 aromatic carbocycles. The second kappa shape index (κ2) is 7.28. The Labute approximate surface area is 121 Å². The fraction of sp³-hybridized carbons (Fsp3) is 0.562. The lowest BCUT2D eigenvalue weighted by atomic mass is 10.1. The van der Waals surface area contributed by atoms with Crippen molar-refractivity contribution in [3.05, 3.63) is 29.3 Å². The maximum absolute atomic E-state index is 9.36. The van der Waals surface area contributed by atoms with Gasteiger partial charge in [-0.25, -0.2) is 0 Å². The predicted octanol–water partition coefficient (Wildman–Crippen LogP) is 2.14. The van der Waals surface area contributed by atoms with Crippen molar-refractivity contribution in [3.8, 4) is 6.07 Å². The summed E-state index contributed by atoms with van der Waals surface area (Å²) in [6, 6.07) is 8.50. The van der Waals surface area contributed by atoms with Gasteiger partial charge in [-0.1, -0.05) is 19.9 Å². The number of nitriles is 1. The first-order valence-corrected chi connectivity index (χ1v) is 7.27. The molecular formula is C16H23N3O. The van der Waals surface area contributed by atoms with Gasteiger partial charge in [-0.2, -0.15) is 5.26 Å². The number of morpholine rings is 1. The van der Waals surface area contributed by atoms with Gasteiger partial charge in [0.05, 0.1) is 24.5 Å².